The third-order valence-corrected chi connectivity index (χ3v) is 6.81. The number of nitrogens with zero attached hydrogens (tertiary/aromatic N) is 2. The zero-order chi connectivity index (χ0) is 27.2. The van der Waals surface area contributed by atoms with E-state index in [1.807, 2.05) is 12.1 Å². The standard InChI is InChI=1S/C32H44F2N2O2/c1-4-20-37-21-9-7-5-6-8-11-26-12-10-18-36(19-17-26)31-23-30(25(2)3)28(24-35-31)22-27-13-15-29(16-14-27)38-32(33)34/h5,7,12-16,22-23,25,32H,4,6,8-11,17-21,24H2,1-3H3/b7-5+,28-22-. The summed E-state index contributed by atoms with van der Waals surface area (Å²) in [4.78, 5) is 7.37. The molecule has 2 aliphatic rings. The molecular weight excluding hydrogens is 482 g/mol. The van der Waals surface area contributed by atoms with Crippen LogP contribution in [0.5, 0.6) is 5.75 Å². The molecule has 0 spiro atoms. The first-order chi connectivity index (χ1) is 18.5. The van der Waals surface area contributed by atoms with E-state index in [0.29, 0.717) is 12.5 Å². The van der Waals surface area contributed by atoms with Crippen LogP contribution < -0.4 is 4.74 Å². The van der Waals surface area contributed by atoms with Gasteiger partial charge in [0.25, 0.3) is 0 Å². The predicted molar refractivity (Wildman–Crippen MR) is 154 cm³/mol. The number of rotatable bonds is 13. The number of allylic oxidation sites excluding steroid dienone is 1. The highest BCUT2D eigenvalue weighted by Gasteiger charge is 2.20. The molecule has 0 amide bonds. The molecule has 208 valence electrons. The van der Waals surface area contributed by atoms with Crippen molar-refractivity contribution in [2.45, 2.75) is 72.3 Å². The Kier molecular flexibility index (Phi) is 12.8. The Morgan fingerprint density at radius 1 is 1.05 bits per heavy atom. The summed E-state index contributed by atoms with van der Waals surface area (Å²) in [5.41, 5.74) is 4.98. The van der Waals surface area contributed by atoms with Gasteiger partial charge < -0.3 is 14.4 Å². The highest BCUT2D eigenvalue weighted by molar-refractivity contribution is 5.96. The number of halogens is 2. The first kappa shape index (κ1) is 29.8. The number of dihydropyridines is 1. The van der Waals surface area contributed by atoms with E-state index in [4.69, 9.17) is 9.73 Å². The molecule has 0 unspecified atom stereocenters. The Labute approximate surface area is 227 Å². The maximum atomic E-state index is 12.4. The molecule has 38 heavy (non-hydrogen) atoms. The lowest BCUT2D eigenvalue weighted by Crippen LogP contribution is -2.33. The van der Waals surface area contributed by atoms with Gasteiger partial charge in [-0.2, -0.15) is 8.78 Å². The molecule has 0 aromatic heterocycles. The molecule has 1 aromatic carbocycles. The molecule has 0 saturated carbocycles. The van der Waals surface area contributed by atoms with Crippen LogP contribution in [-0.2, 0) is 4.74 Å². The monoisotopic (exact) mass is 526 g/mol. The molecule has 0 atom stereocenters. The molecule has 2 aliphatic heterocycles. The van der Waals surface area contributed by atoms with Gasteiger partial charge in [0.2, 0.25) is 0 Å². The quantitative estimate of drug-likeness (QED) is 0.192. The minimum atomic E-state index is -2.81. The lowest BCUT2D eigenvalue weighted by molar-refractivity contribution is -0.0498. The highest BCUT2D eigenvalue weighted by atomic mass is 19.3. The molecule has 0 fully saturated rings. The van der Waals surface area contributed by atoms with E-state index in [0.717, 1.165) is 76.2 Å². The number of aliphatic imine (C=N–C) groups is 1. The van der Waals surface area contributed by atoms with Gasteiger partial charge in [-0.15, -0.1) is 0 Å². The summed E-state index contributed by atoms with van der Waals surface area (Å²) in [5, 5.41) is 0. The normalized spacial score (nSPS) is 17.7. The van der Waals surface area contributed by atoms with Crippen molar-refractivity contribution in [3.8, 4) is 5.75 Å². The van der Waals surface area contributed by atoms with Gasteiger partial charge in [-0.1, -0.05) is 56.7 Å². The van der Waals surface area contributed by atoms with Crippen molar-refractivity contribution in [1.82, 2.24) is 4.90 Å². The van der Waals surface area contributed by atoms with E-state index in [2.05, 4.69) is 60.8 Å². The molecule has 3 rings (SSSR count). The lowest BCUT2D eigenvalue weighted by atomic mass is 9.91. The summed E-state index contributed by atoms with van der Waals surface area (Å²) in [6.45, 7) is 8.04. The summed E-state index contributed by atoms with van der Waals surface area (Å²) >= 11 is 0. The van der Waals surface area contributed by atoms with Gasteiger partial charge >= 0.3 is 6.61 Å². The number of hydrogen-bond donors (Lipinski definition) is 0. The zero-order valence-electron chi connectivity index (χ0n) is 23.3. The SMILES string of the molecule is CCCOCC/C=C/CCCC1=CCCN(C2=NC/C(=C/c3ccc(OC(F)F)cc3)C(C(C)C)=C2)CC1. The maximum Gasteiger partial charge on any atom is 0.387 e. The molecule has 0 saturated heterocycles. The van der Waals surface area contributed by atoms with Gasteiger partial charge in [-0.25, -0.2) is 0 Å². The smallest absolute Gasteiger partial charge is 0.387 e. The lowest BCUT2D eigenvalue weighted by Gasteiger charge is -2.28. The first-order valence-electron chi connectivity index (χ1n) is 14.1. The van der Waals surface area contributed by atoms with Crippen LogP contribution in [0.15, 0.2) is 70.3 Å². The molecule has 0 bridgehead atoms. The van der Waals surface area contributed by atoms with Gasteiger partial charge in [0.1, 0.15) is 11.6 Å². The second kappa shape index (κ2) is 16.3. The average Bonchev–Trinajstić information content (AvgIpc) is 3.14. The second-order valence-corrected chi connectivity index (χ2v) is 10.2. The van der Waals surface area contributed by atoms with Crippen molar-refractivity contribution in [2.24, 2.45) is 10.9 Å². The zero-order valence-corrected chi connectivity index (χ0v) is 23.3. The number of hydrogen-bond acceptors (Lipinski definition) is 4. The third-order valence-electron chi connectivity index (χ3n) is 6.81. The van der Waals surface area contributed by atoms with E-state index < -0.39 is 6.61 Å². The van der Waals surface area contributed by atoms with Crippen LogP contribution in [-0.4, -0.2) is 50.2 Å². The number of alkyl halides is 2. The van der Waals surface area contributed by atoms with Crippen molar-refractivity contribution in [2.75, 3.05) is 32.8 Å². The van der Waals surface area contributed by atoms with Crippen LogP contribution >= 0.6 is 0 Å². The van der Waals surface area contributed by atoms with Crippen LogP contribution in [0, 0.1) is 5.92 Å². The van der Waals surface area contributed by atoms with Crippen LogP contribution in [0.2, 0.25) is 0 Å². The fourth-order valence-electron chi connectivity index (χ4n) is 4.79. The van der Waals surface area contributed by atoms with Gasteiger partial charge in [-0.05, 0) is 91.9 Å². The van der Waals surface area contributed by atoms with Gasteiger partial charge in [0.05, 0.1) is 13.2 Å². The van der Waals surface area contributed by atoms with E-state index in [1.165, 1.54) is 17.6 Å². The van der Waals surface area contributed by atoms with Crippen LogP contribution in [0.25, 0.3) is 6.08 Å². The van der Waals surface area contributed by atoms with Crippen molar-refractivity contribution >= 4 is 11.9 Å². The largest absolute Gasteiger partial charge is 0.435 e. The molecule has 6 heteroatoms. The van der Waals surface area contributed by atoms with Gasteiger partial charge in [0, 0.05) is 19.7 Å². The fourth-order valence-corrected chi connectivity index (χ4v) is 4.79. The molecule has 0 radical (unpaired) electrons. The summed E-state index contributed by atoms with van der Waals surface area (Å²) in [6.07, 6.45) is 19.0. The van der Waals surface area contributed by atoms with Crippen molar-refractivity contribution in [3.63, 3.8) is 0 Å². The Morgan fingerprint density at radius 2 is 1.84 bits per heavy atom. The van der Waals surface area contributed by atoms with Crippen LogP contribution in [0.3, 0.4) is 0 Å². The van der Waals surface area contributed by atoms with E-state index in [1.54, 1.807) is 17.7 Å². The first-order valence-corrected chi connectivity index (χ1v) is 14.1. The van der Waals surface area contributed by atoms with E-state index in [-0.39, 0.29) is 5.75 Å². The summed E-state index contributed by atoms with van der Waals surface area (Å²) in [6, 6.07) is 6.77. The topological polar surface area (TPSA) is 34.1 Å². The Morgan fingerprint density at radius 3 is 2.58 bits per heavy atom. The van der Waals surface area contributed by atoms with Gasteiger partial charge in [0.15, 0.2) is 0 Å². The Hall–Kier alpha value is -2.73. The van der Waals surface area contributed by atoms with Crippen LogP contribution in [0.4, 0.5) is 8.78 Å². The van der Waals surface area contributed by atoms with Gasteiger partial charge in [-0.3, -0.25) is 4.99 Å². The van der Waals surface area contributed by atoms with Crippen molar-refractivity contribution in [1.29, 1.82) is 0 Å². The van der Waals surface area contributed by atoms with E-state index >= 15 is 0 Å². The summed E-state index contributed by atoms with van der Waals surface area (Å²) in [7, 11) is 0. The summed E-state index contributed by atoms with van der Waals surface area (Å²) < 4.78 is 34.9. The molecular formula is C32H44F2N2O2. The third kappa shape index (κ3) is 10.2. The summed E-state index contributed by atoms with van der Waals surface area (Å²) in [5.74, 6) is 1.61. The van der Waals surface area contributed by atoms with Crippen molar-refractivity contribution in [3.05, 3.63) is 70.9 Å². The Balaban J connectivity index is 1.50. The molecule has 0 N–H and O–H groups in total. The number of unbranched alkanes of at least 4 members (excludes halogenated alkanes) is 1. The van der Waals surface area contributed by atoms with Crippen molar-refractivity contribution < 1.29 is 18.3 Å². The average molecular weight is 527 g/mol. The predicted octanol–water partition coefficient (Wildman–Crippen LogP) is 8.23. The number of amidine groups is 1. The highest BCUT2D eigenvalue weighted by Crippen LogP contribution is 2.28. The number of ether oxygens (including phenoxy) is 2. The minimum absolute atomic E-state index is 0.171. The fraction of sp³-hybridized carbons (Fsp3) is 0.531. The van der Waals surface area contributed by atoms with E-state index in [9.17, 15) is 8.78 Å². The molecule has 1 aromatic rings. The minimum Gasteiger partial charge on any atom is -0.435 e. The maximum absolute atomic E-state index is 12.4. The van der Waals surface area contributed by atoms with Crippen LogP contribution in [0.1, 0.15) is 71.3 Å². The number of benzene rings is 1. The molecule has 4 nitrogen and oxygen atoms in total. The second-order valence-electron chi connectivity index (χ2n) is 10.2. The molecule has 2 heterocycles. The Bertz CT molecular complexity index is 1010. The molecule has 0 aliphatic carbocycles.